The Kier molecular flexibility index (Phi) is 4.22. The van der Waals surface area contributed by atoms with E-state index >= 15 is 0 Å². The Morgan fingerprint density at radius 2 is 2.04 bits per heavy atom. The van der Waals surface area contributed by atoms with Crippen LogP contribution in [0.2, 0.25) is 0 Å². The van der Waals surface area contributed by atoms with Crippen LogP contribution in [0.3, 0.4) is 0 Å². The molecular formula is C18H21N5O. The Bertz CT molecular complexity index is 828. The van der Waals surface area contributed by atoms with Crippen LogP contribution in [0.5, 0.6) is 0 Å². The largest absolute Gasteiger partial charge is 0.392 e. The molecule has 0 aliphatic carbocycles. The second kappa shape index (κ2) is 6.33. The minimum atomic E-state index is -0.0723. The summed E-state index contributed by atoms with van der Waals surface area (Å²) in [6.07, 6.45) is 3.37. The molecule has 0 unspecified atom stereocenters. The van der Waals surface area contributed by atoms with E-state index in [1.165, 1.54) is 5.56 Å². The monoisotopic (exact) mass is 323 g/mol. The number of fused-ring (bicyclic) bond motifs is 1. The normalized spacial score (nSPS) is 14.0. The fourth-order valence-electron chi connectivity index (χ4n) is 2.60. The maximum atomic E-state index is 9.12. The third-order valence-electron chi connectivity index (χ3n) is 3.87. The molecule has 2 aromatic rings. The van der Waals surface area contributed by atoms with E-state index in [1.807, 2.05) is 16.7 Å². The Hall–Kier alpha value is -2.86. The SMILES string of the molecule is C=C1NC(N)=Nc2c1nc(-c1ccc(C(C)C)cc1)n2C=CCO. The zero-order valence-electron chi connectivity index (χ0n) is 13.8. The number of guanidine groups is 1. The van der Waals surface area contributed by atoms with E-state index in [9.17, 15) is 0 Å². The number of hydrogen-bond donors (Lipinski definition) is 3. The molecule has 0 spiro atoms. The van der Waals surface area contributed by atoms with Crippen LogP contribution in [0.25, 0.3) is 23.3 Å². The van der Waals surface area contributed by atoms with E-state index in [4.69, 9.17) is 10.8 Å². The van der Waals surface area contributed by atoms with Gasteiger partial charge in [0.1, 0.15) is 11.5 Å². The Balaban J connectivity index is 2.15. The molecule has 0 saturated carbocycles. The molecule has 0 radical (unpaired) electrons. The molecule has 3 rings (SSSR count). The molecule has 124 valence electrons. The number of nitrogens with one attached hydrogen (secondary N) is 1. The van der Waals surface area contributed by atoms with Crippen molar-refractivity contribution in [2.24, 2.45) is 10.7 Å². The molecule has 4 N–H and O–H groups in total. The molecule has 0 saturated heterocycles. The molecule has 2 heterocycles. The van der Waals surface area contributed by atoms with Crippen LogP contribution in [-0.4, -0.2) is 27.2 Å². The minimum Gasteiger partial charge on any atom is -0.392 e. The van der Waals surface area contributed by atoms with Crippen LogP contribution in [0.15, 0.2) is 41.9 Å². The Labute approximate surface area is 141 Å². The highest BCUT2D eigenvalue weighted by atomic mass is 16.2. The molecule has 0 amide bonds. The fourth-order valence-corrected chi connectivity index (χ4v) is 2.60. The molecule has 0 bridgehead atoms. The highest BCUT2D eigenvalue weighted by Crippen LogP contribution is 2.33. The lowest BCUT2D eigenvalue weighted by molar-refractivity contribution is 0.343. The third-order valence-corrected chi connectivity index (χ3v) is 3.87. The molecule has 6 heteroatoms. The first-order valence-corrected chi connectivity index (χ1v) is 7.81. The van der Waals surface area contributed by atoms with Gasteiger partial charge in [-0.1, -0.05) is 44.7 Å². The van der Waals surface area contributed by atoms with Crippen molar-refractivity contribution in [2.75, 3.05) is 6.61 Å². The first-order valence-electron chi connectivity index (χ1n) is 7.81. The molecule has 1 aliphatic rings. The van der Waals surface area contributed by atoms with E-state index in [1.54, 1.807) is 12.3 Å². The number of aromatic nitrogens is 2. The first-order chi connectivity index (χ1) is 11.5. The predicted molar refractivity (Wildman–Crippen MR) is 97.6 cm³/mol. The number of aliphatic hydroxyl groups excluding tert-OH is 1. The van der Waals surface area contributed by atoms with Gasteiger partial charge in [0, 0.05) is 11.8 Å². The maximum Gasteiger partial charge on any atom is 0.199 e. The lowest BCUT2D eigenvalue weighted by Crippen LogP contribution is -2.32. The number of imidazole rings is 1. The van der Waals surface area contributed by atoms with Crippen LogP contribution >= 0.6 is 0 Å². The number of rotatable bonds is 4. The van der Waals surface area contributed by atoms with Crippen molar-refractivity contribution in [2.45, 2.75) is 19.8 Å². The van der Waals surface area contributed by atoms with Crippen molar-refractivity contribution < 1.29 is 5.11 Å². The molecule has 1 aromatic carbocycles. The van der Waals surface area contributed by atoms with Crippen LogP contribution in [-0.2, 0) is 0 Å². The highest BCUT2D eigenvalue weighted by Gasteiger charge is 2.23. The average Bonchev–Trinajstić information content (AvgIpc) is 2.91. The van der Waals surface area contributed by atoms with Crippen LogP contribution in [0.1, 0.15) is 31.0 Å². The van der Waals surface area contributed by atoms with Gasteiger partial charge in [-0.05, 0) is 17.6 Å². The number of nitrogens with zero attached hydrogens (tertiary/aromatic N) is 3. The molecule has 0 atom stereocenters. The van der Waals surface area contributed by atoms with Crippen molar-refractivity contribution in [3.63, 3.8) is 0 Å². The van der Waals surface area contributed by atoms with Gasteiger partial charge in [-0.3, -0.25) is 4.57 Å². The van der Waals surface area contributed by atoms with Gasteiger partial charge >= 0.3 is 0 Å². The van der Waals surface area contributed by atoms with E-state index in [-0.39, 0.29) is 12.6 Å². The van der Waals surface area contributed by atoms with Gasteiger partial charge in [-0.15, -0.1) is 0 Å². The standard InChI is InChI=1S/C18H21N5O/c1-11(2)13-5-7-14(8-6-13)16-21-15-12(3)20-18(19)22-17(15)23(16)9-4-10-24/h4-9,11,24H,3,10H2,1-2H3,(H3,19,20,22). The van der Waals surface area contributed by atoms with Crippen LogP contribution < -0.4 is 11.1 Å². The second-order valence-electron chi connectivity index (χ2n) is 5.92. The summed E-state index contributed by atoms with van der Waals surface area (Å²) >= 11 is 0. The van der Waals surface area contributed by atoms with E-state index in [2.05, 4.69) is 47.9 Å². The molecular weight excluding hydrogens is 302 g/mol. The summed E-state index contributed by atoms with van der Waals surface area (Å²) in [5.41, 5.74) is 9.28. The summed E-state index contributed by atoms with van der Waals surface area (Å²) in [5, 5.41) is 12.0. The zero-order valence-corrected chi connectivity index (χ0v) is 13.8. The van der Waals surface area contributed by atoms with Crippen LogP contribution in [0.4, 0.5) is 5.82 Å². The van der Waals surface area contributed by atoms with Gasteiger partial charge in [-0.2, -0.15) is 4.99 Å². The molecule has 0 fully saturated rings. The van der Waals surface area contributed by atoms with Gasteiger partial charge in [0.25, 0.3) is 0 Å². The quantitative estimate of drug-likeness (QED) is 0.807. The fraction of sp³-hybridized carbons (Fsp3) is 0.222. The summed E-state index contributed by atoms with van der Waals surface area (Å²) in [7, 11) is 0. The van der Waals surface area contributed by atoms with Gasteiger partial charge < -0.3 is 16.2 Å². The van der Waals surface area contributed by atoms with Gasteiger partial charge in [-0.25, -0.2) is 4.98 Å². The van der Waals surface area contributed by atoms with Crippen molar-refractivity contribution in [3.8, 4) is 11.4 Å². The molecule has 1 aliphatic heterocycles. The van der Waals surface area contributed by atoms with Crippen molar-refractivity contribution >= 4 is 23.7 Å². The van der Waals surface area contributed by atoms with Crippen molar-refractivity contribution in [1.82, 2.24) is 14.9 Å². The molecule has 24 heavy (non-hydrogen) atoms. The number of nitrogens with two attached hydrogens (primary N) is 1. The summed E-state index contributed by atoms with van der Waals surface area (Å²) in [5.74, 6) is 2.06. The van der Waals surface area contributed by atoms with Gasteiger partial charge in [0.15, 0.2) is 11.8 Å². The lowest BCUT2D eigenvalue weighted by Gasteiger charge is -2.13. The first kappa shape index (κ1) is 16.0. The second-order valence-corrected chi connectivity index (χ2v) is 5.92. The van der Waals surface area contributed by atoms with E-state index in [0.717, 1.165) is 11.4 Å². The summed E-state index contributed by atoms with van der Waals surface area (Å²) < 4.78 is 1.81. The topological polar surface area (TPSA) is 88.5 Å². The summed E-state index contributed by atoms with van der Waals surface area (Å²) in [4.78, 5) is 9.00. The zero-order chi connectivity index (χ0) is 17.3. The summed E-state index contributed by atoms with van der Waals surface area (Å²) in [6.45, 7) is 8.20. The average molecular weight is 323 g/mol. The third kappa shape index (κ3) is 2.83. The molecule has 6 nitrogen and oxygen atoms in total. The van der Waals surface area contributed by atoms with Crippen molar-refractivity contribution in [1.29, 1.82) is 0 Å². The van der Waals surface area contributed by atoms with E-state index in [0.29, 0.717) is 23.1 Å². The number of aliphatic hydroxyl groups is 1. The Morgan fingerprint density at radius 1 is 1.33 bits per heavy atom. The van der Waals surface area contributed by atoms with E-state index < -0.39 is 0 Å². The highest BCUT2D eigenvalue weighted by molar-refractivity contribution is 5.95. The van der Waals surface area contributed by atoms with Gasteiger partial charge in [0.05, 0.1) is 12.3 Å². The lowest BCUT2D eigenvalue weighted by atomic mass is 10.0. The number of benzene rings is 1. The minimum absolute atomic E-state index is 0.0723. The predicted octanol–water partition coefficient (Wildman–Crippen LogP) is 2.66. The van der Waals surface area contributed by atoms with Gasteiger partial charge in [0.2, 0.25) is 0 Å². The molecule has 1 aromatic heterocycles. The Morgan fingerprint density at radius 3 is 2.67 bits per heavy atom. The maximum absolute atomic E-state index is 9.12. The smallest absolute Gasteiger partial charge is 0.199 e. The van der Waals surface area contributed by atoms with Crippen LogP contribution in [0, 0.1) is 0 Å². The summed E-state index contributed by atoms with van der Waals surface area (Å²) in [6, 6.07) is 8.27. The number of aliphatic imine (C=N–C) groups is 1. The van der Waals surface area contributed by atoms with Crippen molar-refractivity contribution in [3.05, 3.63) is 48.2 Å². The number of hydrogen-bond acceptors (Lipinski definition) is 5.